The molecule has 0 unspecified atom stereocenters. The maximum absolute atomic E-state index is 12.1. The van der Waals surface area contributed by atoms with Gasteiger partial charge in [0.15, 0.2) is 0 Å². The molecule has 0 aliphatic carbocycles. The highest BCUT2D eigenvalue weighted by Crippen LogP contribution is 2.33. The lowest BCUT2D eigenvalue weighted by Crippen LogP contribution is -2.41. The molecule has 0 atom stereocenters. The summed E-state index contributed by atoms with van der Waals surface area (Å²) in [6.45, 7) is 7.16. The summed E-state index contributed by atoms with van der Waals surface area (Å²) >= 11 is 0. The van der Waals surface area contributed by atoms with Crippen molar-refractivity contribution in [1.82, 2.24) is 4.90 Å². The summed E-state index contributed by atoms with van der Waals surface area (Å²) in [5.74, 6) is 0.438. The van der Waals surface area contributed by atoms with Gasteiger partial charge < -0.3 is 14.1 Å². The predicted octanol–water partition coefficient (Wildman–Crippen LogP) is 4.55. The Labute approximate surface area is 131 Å². The number of carbonyl (C=O) groups excluding carboxylic acids is 1. The average Bonchev–Trinajstić information content (AvgIpc) is 2.94. The molecule has 0 saturated carbocycles. The fourth-order valence-electron chi connectivity index (χ4n) is 3.04. The molecule has 1 amide bonds. The van der Waals surface area contributed by atoms with Crippen LogP contribution in [0.15, 0.2) is 34.9 Å². The standard InChI is InChI=1S/C18H23NO3/c1-18(2,3)22-17(20)19-10-7-13(8-11-19)15-6-4-5-14-9-12-21-16(14)15/h4-6,9,12-13H,7-8,10-11H2,1-3H3. The summed E-state index contributed by atoms with van der Waals surface area (Å²) in [7, 11) is 0. The van der Waals surface area contributed by atoms with Crippen LogP contribution in [0.1, 0.15) is 45.1 Å². The van der Waals surface area contributed by atoms with Gasteiger partial charge in [-0.05, 0) is 51.2 Å². The van der Waals surface area contributed by atoms with Crippen LogP contribution in [0.2, 0.25) is 0 Å². The number of hydrogen-bond acceptors (Lipinski definition) is 3. The van der Waals surface area contributed by atoms with Gasteiger partial charge in [0.2, 0.25) is 0 Å². The second kappa shape index (κ2) is 5.67. The van der Waals surface area contributed by atoms with Crippen molar-refractivity contribution in [1.29, 1.82) is 0 Å². The Hall–Kier alpha value is -1.97. The zero-order chi connectivity index (χ0) is 15.7. The Morgan fingerprint density at radius 1 is 1.23 bits per heavy atom. The summed E-state index contributed by atoms with van der Waals surface area (Å²) in [5, 5.41) is 1.15. The van der Waals surface area contributed by atoms with E-state index in [-0.39, 0.29) is 6.09 Å². The minimum absolute atomic E-state index is 0.206. The third-order valence-corrected chi connectivity index (χ3v) is 4.10. The molecule has 2 aromatic rings. The number of fused-ring (bicyclic) bond motifs is 1. The summed E-state index contributed by atoms with van der Waals surface area (Å²) in [6, 6.07) is 8.28. The fraction of sp³-hybridized carbons (Fsp3) is 0.500. The normalized spacial score (nSPS) is 17.0. The highest BCUT2D eigenvalue weighted by atomic mass is 16.6. The first kappa shape index (κ1) is 14.9. The van der Waals surface area contributed by atoms with Gasteiger partial charge in [-0.1, -0.05) is 18.2 Å². The quantitative estimate of drug-likeness (QED) is 0.776. The van der Waals surface area contributed by atoms with E-state index in [4.69, 9.17) is 9.15 Å². The van der Waals surface area contributed by atoms with Crippen LogP contribution in [0.3, 0.4) is 0 Å². The number of ether oxygens (including phenoxy) is 1. The monoisotopic (exact) mass is 301 g/mol. The van der Waals surface area contributed by atoms with E-state index in [1.807, 2.05) is 31.7 Å². The number of amides is 1. The Balaban J connectivity index is 1.67. The van der Waals surface area contributed by atoms with Crippen LogP contribution in [0.4, 0.5) is 4.79 Å². The van der Waals surface area contributed by atoms with E-state index in [2.05, 4.69) is 18.2 Å². The van der Waals surface area contributed by atoms with E-state index in [1.165, 1.54) is 5.56 Å². The van der Waals surface area contributed by atoms with Crippen LogP contribution >= 0.6 is 0 Å². The van der Waals surface area contributed by atoms with Crippen LogP contribution in [0, 0.1) is 0 Å². The van der Waals surface area contributed by atoms with Gasteiger partial charge >= 0.3 is 6.09 Å². The van der Waals surface area contributed by atoms with Crippen LogP contribution in [0.25, 0.3) is 11.0 Å². The molecule has 4 nitrogen and oxygen atoms in total. The fourth-order valence-corrected chi connectivity index (χ4v) is 3.04. The van der Waals surface area contributed by atoms with E-state index in [9.17, 15) is 4.79 Å². The average molecular weight is 301 g/mol. The lowest BCUT2D eigenvalue weighted by molar-refractivity contribution is 0.0205. The van der Waals surface area contributed by atoms with Crippen LogP contribution in [0.5, 0.6) is 0 Å². The highest BCUT2D eigenvalue weighted by molar-refractivity contribution is 5.80. The van der Waals surface area contributed by atoms with Gasteiger partial charge in [0, 0.05) is 18.5 Å². The number of nitrogens with zero attached hydrogens (tertiary/aromatic N) is 1. The molecule has 0 radical (unpaired) electrons. The predicted molar refractivity (Wildman–Crippen MR) is 86.0 cm³/mol. The van der Waals surface area contributed by atoms with Gasteiger partial charge in [-0.15, -0.1) is 0 Å². The zero-order valence-corrected chi connectivity index (χ0v) is 13.5. The van der Waals surface area contributed by atoms with E-state index in [0.29, 0.717) is 5.92 Å². The molecule has 1 aromatic heterocycles. The summed E-state index contributed by atoms with van der Waals surface area (Å²) < 4.78 is 11.1. The lowest BCUT2D eigenvalue weighted by atomic mass is 9.89. The van der Waals surface area contributed by atoms with Gasteiger partial charge in [-0.25, -0.2) is 4.79 Å². The number of hydrogen-bond donors (Lipinski definition) is 0. The molecule has 1 saturated heterocycles. The maximum atomic E-state index is 12.1. The summed E-state index contributed by atoms with van der Waals surface area (Å²) in [4.78, 5) is 13.9. The molecule has 1 aliphatic rings. The van der Waals surface area contributed by atoms with E-state index >= 15 is 0 Å². The van der Waals surface area contributed by atoms with E-state index in [1.54, 1.807) is 6.26 Å². The molecule has 1 aliphatic heterocycles. The van der Waals surface area contributed by atoms with Crippen molar-refractivity contribution in [3.8, 4) is 0 Å². The minimum Gasteiger partial charge on any atom is -0.464 e. The third kappa shape index (κ3) is 3.11. The van der Waals surface area contributed by atoms with Crippen molar-refractivity contribution in [2.24, 2.45) is 0 Å². The molecule has 4 heteroatoms. The first-order valence-electron chi connectivity index (χ1n) is 7.88. The Morgan fingerprint density at radius 2 is 1.95 bits per heavy atom. The first-order valence-corrected chi connectivity index (χ1v) is 7.88. The van der Waals surface area contributed by atoms with Crippen LogP contribution in [-0.4, -0.2) is 29.7 Å². The molecule has 0 spiro atoms. The Bertz CT molecular complexity index is 660. The van der Waals surface area contributed by atoms with E-state index < -0.39 is 5.60 Å². The second-order valence-electron chi connectivity index (χ2n) is 6.93. The smallest absolute Gasteiger partial charge is 0.410 e. The largest absolute Gasteiger partial charge is 0.464 e. The number of piperidine rings is 1. The molecule has 22 heavy (non-hydrogen) atoms. The number of furan rings is 1. The lowest BCUT2D eigenvalue weighted by Gasteiger charge is -2.33. The van der Waals surface area contributed by atoms with Crippen molar-refractivity contribution in [2.45, 2.75) is 45.1 Å². The molecule has 0 N–H and O–H groups in total. The highest BCUT2D eigenvalue weighted by Gasteiger charge is 2.28. The molecular formula is C18H23NO3. The number of rotatable bonds is 1. The number of benzene rings is 1. The van der Waals surface area contributed by atoms with Gasteiger partial charge in [0.05, 0.1) is 6.26 Å². The topological polar surface area (TPSA) is 42.7 Å². The molecule has 2 heterocycles. The number of carbonyl (C=O) groups is 1. The van der Waals surface area contributed by atoms with Crippen molar-refractivity contribution in [3.63, 3.8) is 0 Å². The van der Waals surface area contributed by atoms with Gasteiger partial charge in [-0.3, -0.25) is 0 Å². The van der Waals surface area contributed by atoms with Crippen LogP contribution < -0.4 is 0 Å². The van der Waals surface area contributed by atoms with Crippen molar-refractivity contribution in [2.75, 3.05) is 13.1 Å². The zero-order valence-electron chi connectivity index (χ0n) is 13.5. The molecule has 0 bridgehead atoms. The van der Waals surface area contributed by atoms with Gasteiger partial charge in [0.1, 0.15) is 11.2 Å². The number of likely N-dealkylation sites (tertiary alicyclic amines) is 1. The summed E-state index contributed by atoms with van der Waals surface area (Å²) in [5.41, 5.74) is 1.80. The van der Waals surface area contributed by atoms with Crippen molar-refractivity contribution >= 4 is 17.1 Å². The molecule has 3 rings (SSSR count). The van der Waals surface area contributed by atoms with Crippen molar-refractivity contribution < 1.29 is 13.9 Å². The SMILES string of the molecule is CC(C)(C)OC(=O)N1CCC(c2cccc3ccoc23)CC1. The van der Waals surface area contributed by atoms with E-state index in [0.717, 1.165) is 36.9 Å². The minimum atomic E-state index is -0.437. The molecule has 118 valence electrons. The Kier molecular flexibility index (Phi) is 3.85. The summed E-state index contributed by atoms with van der Waals surface area (Å²) in [6.07, 6.45) is 3.42. The first-order chi connectivity index (χ1) is 10.4. The molecule has 1 fully saturated rings. The molecule has 1 aromatic carbocycles. The molecular weight excluding hydrogens is 278 g/mol. The van der Waals surface area contributed by atoms with Crippen LogP contribution in [-0.2, 0) is 4.74 Å². The number of para-hydroxylation sites is 1. The Morgan fingerprint density at radius 3 is 2.64 bits per heavy atom. The third-order valence-electron chi connectivity index (χ3n) is 4.10. The van der Waals surface area contributed by atoms with Crippen molar-refractivity contribution in [3.05, 3.63) is 36.1 Å². The second-order valence-corrected chi connectivity index (χ2v) is 6.93. The van der Waals surface area contributed by atoms with Gasteiger partial charge in [-0.2, -0.15) is 0 Å². The maximum Gasteiger partial charge on any atom is 0.410 e. The van der Waals surface area contributed by atoms with Gasteiger partial charge in [0.25, 0.3) is 0 Å².